The average molecular weight is 264 g/mol. The maximum Gasteiger partial charge on any atom is 0.326 e. The Bertz CT molecular complexity index is 678. The first-order valence-corrected chi connectivity index (χ1v) is 5.86. The monoisotopic (exact) mass is 264 g/mol. The highest BCUT2D eigenvalue weighted by Gasteiger charge is 2.18. The van der Waals surface area contributed by atoms with Crippen LogP contribution in [0.25, 0.3) is 11.2 Å². The molecule has 0 spiro atoms. The Labute approximate surface area is 109 Å². The minimum absolute atomic E-state index is 0.162. The molecule has 0 aliphatic carbocycles. The van der Waals surface area contributed by atoms with Gasteiger partial charge in [0.2, 0.25) is 0 Å². The Morgan fingerprint density at radius 3 is 2.58 bits per heavy atom. The summed E-state index contributed by atoms with van der Waals surface area (Å²) in [4.78, 5) is 31.9. The molecule has 2 aromatic heterocycles. The van der Waals surface area contributed by atoms with Crippen LogP contribution in [-0.2, 0) is 23.1 Å². The van der Waals surface area contributed by atoms with Crippen LogP contribution in [-0.4, -0.2) is 30.7 Å². The number of rotatable bonds is 2. The van der Waals surface area contributed by atoms with Gasteiger partial charge in [0.25, 0.3) is 5.56 Å². The highest BCUT2D eigenvalue weighted by molar-refractivity contribution is 5.72. The third-order valence-electron chi connectivity index (χ3n) is 2.42. The molecule has 7 nitrogen and oxygen atoms in total. The summed E-state index contributed by atoms with van der Waals surface area (Å²) in [5.41, 5.74) is -0.153. The first-order valence-electron chi connectivity index (χ1n) is 5.86. The van der Waals surface area contributed by atoms with Gasteiger partial charge >= 0.3 is 5.97 Å². The highest BCUT2D eigenvalue weighted by Crippen LogP contribution is 2.07. The van der Waals surface area contributed by atoms with Crippen LogP contribution in [0.3, 0.4) is 0 Å². The SMILES string of the molecule is Cn1cnc2ncn(CC(=O)OC(C)(C)C)c(=O)c21. The maximum atomic E-state index is 12.2. The zero-order valence-electron chi connectivity index (χ0n) is 11.4. The Morgan fingerprint density at radius 1 is 1.32 bits per heavy atom. The molecule has 0 aliphatic rings. The molecule has 0 saturated heterocycles. The first-order chi connectivity index (χ1) is 8.78. The van der Waals surface area contributed by atoms with Gasteiger partial charge in [-0.3, -0.25) is 14.2 Å². The van der Waals surface area contributed by atoms with Crippen molar-refractivity contribution in [1.82, 2.24) is 19.1 Å². The lowest BCUT2D eigenvalue weighted by Gasteiger charge is -2.19. The molecule has 2 rings (SSSR count). The Balaban J connectivity index is 2.31. The van der Waals surface area contributed by atoms with Crippen LogP contribution >= 0.6 is 0 Å². The first kappa shape index (κ1) is 13.3. The summed E-state index contributed by atoms with van der Waals surface area (Å²) in [5.74, 6) is -0.474. The molecule has 0 aromatic carbocycles. The molecule has 2 heterocycles. The molecule has 0 N–H and O–H groups in total. The van der Waals surface area contributed by atoms with Gasteiger partial charge in [0.1, 0.15) is 18.5 Å². The van der Waals surface area contributed by atoms with E-state index in [1.807, 2.05) is 0 Å². The molecule has 0 fully saturated rings. The lowest BCUT2D eigenvalue weighted by molar-refractivity contribution is -0.155. The number of carbonyl (C=O) groups excluding carboxylic acids is 1. The lowest BCUT2D eigenvalue weighted by atomic mass is 10.2. The van der Waals surface area contributed by atoms with Gasteiger partial charge in [-0.25, -0.2) is 9.97 Å². The van der Waals surface area contributed by atoms with Crippen molar-refractivity contribution in [3.05, 3.63) is 23.0 Å². The minimum Gasteiger partial charge on any atom is -0.459 e. The number of nitrogens with zero attached hydrogens (tertiary/aromatic N) is 4. The number of imidazole rings is 1. The Kier molecular flexibility index (Phi) is 3.13. The molecule has 0 atom stereocenters. The van der Waals surface area contributed by atoms with Gasteiger partial charge in [0, 0.05) is 7.05 Å². The summed E-state index contributed by atoms with van der Waals surface area (Å²) in [6.45, 7) is 5.16. The number of ether oxygens (including phenoxy) is 1. The molecule has 0 saturated carbocycles. The highest BCUT2D eigenvalue weighted by atomic mass is 16.6. The van der Waals surface area contributed by atoms with Crippen molar-refractivity contribution >= 4 is 17.1 Å². The number of aryl methyl sites for hydroxylation is 1. The maximum absolute atomic E-state index is 12.2. The molecule has 2 aromatic rings. The minimum atomic E-state index is -0.579. The van der Waals surface area contributed by atoms with Crippen molar-refractivity contribution in [2.45, 2.75) is 32.9 Å². The van der Waals surface area contributed by atoms with E-state index in [-0.39, 0.29) is 12.1 Å². The summed E-state index contributed by atoms with van der Waals surface area (Å²) in [6.07, 6.45) is 2.82. The van der Waals surface area contributed by atoms with Crippen LogP contribution in [0.4, 0.5) is 0 Å². The number of esters is 1. The second kappa shape index (κ2) is 4.49. The molecule has 7 heteroatoms. The largest absolute Gasteiger partial charge is 0.459 e. The molecule has 0 bridgehead atoms. The predicted molar refractivity (Wildman–Crippen MR) is 68.6 cm³/mol. The second-order valence-electron chi connectivity index (χ2n) is 5.29. The summed E-state index contributed by atoms with van der Waals surface area (Å²) >= 11 is 0. The van der Waals surface area contributed by atoms with Gasteiger partial charge < -0.3 is 9.30 Å². The third kappa shape index (κ3) is 2.81. The summed E-state index contributed by atoms with van der Waals surface area (Å²) in [6, 6.07) is 0. The standard InChI is InChI=1S/C12H16N4O3/c1-12(2,3)19-8(17)5-16-7-14-10-9(11(16)18)15(4)6-13-10/h6-7H,5H2,1-4H3. The summed E-state index contributed by atoms with van der Waals surface area (Å²) in [5, 5.41) is 0. The van der Waals surface area contributed by atoms with E-state index < -0.39 is 11.6 Å². The Hall–Kier alpha value is -2.18. The van der Waals surface area contributed by atoms with Crippen molar-refractivity contribution in [2.24, 2.45) is 7.05 Å². The average Bonchev–Trinajstić information content (AvgIpc) is 2.62. The van der Waals surface area contributed by atoms with Crippen molar-refractivity contribution in [3.8, 4) is 0 Å². The van der Waals surface area contributed by atoms with Crippen molar-refractivity contribution < 1.29 is 9.53 Å². The van der Waals surface area contributed by atoms with E-state index in [0.717, 1.165) is 0 Å². The van der Waals surface area contributed by atoms with Gasteiger partial charge in [-0.2, -0.15) is 0 Å². The zero-order chi connectivity index (χ0) is 14.2. The Morgan fingerprint density at radius 2 is 1.95 bits per heavy atom. The molecular formula is C12H16N4O3. The molecule has 0 radical (unpaired) electrons. The fraction of sp³-hybridized carbons (Fsp3) is 0.500. The van der Waals surface area contributed by atoms with Crippen LogP contribution in [0.5, 0.6) is 0 Å². The van der Waals surface area contributed by atoms with E-state index in [1.165, 1.54) is 17.2 Å². The van der Waals surface area contributed by atoms with Crippen LogP contribution in [0.2, 0.25) is 0 Å². The van der Waals surface area contributed by atoms with Crippen LogP contribution < -0.4 is 5.56 Å². The van der Waals surface area contributed by atoms with Gasteiger partial charge in [0.15, 0.2) is 11.2 Å². The smallest absolute Gasteiger partial charge is 0.326 e. The fourth-order valence-electron chi connectivity index (χ4n) is 1.70. The lowest BCUT2D eigenvalue weighted by Crippen LogP contribution is -2.31. The van der Waals surface area contributed by atoms with Gasteiger partial charge in [-0.05, 0) is 20.8 Å². The van der Waals surface area contributed by atoms with Crippen molar-refractivity contribution in [2.75, 3.05) is 0 Å². The number of aromatic nitrogens is 4. The van der Waals surface area contributed by atoms with Crippen LogP contribution in [0, 0.1) is 0 Å². The van der Waals surface area contributed by atoms with E-state index in [2.05, 4.69) is 9.97 Å². The van der Waals surface area contributed by atoms with Crippen LogP contribution in [0.15, 0.2) is 17.4 Å². The molecule has 19 heavy (non-hydrogen) atoms. The second-order valence-corrected chi connectivity index (χ2v) is 5.29. The third-order valence-corrected chi connectivity index (χ3v) is 2.42. The van der Waals surface area contributed by atoms with Crippen LogP contribution in [0.1, 0.15) is 20.8 Å². The molecular weight excluding hydrogens is 248 g/mol. The summed E-state index contributed by atoms with van der Waals surface area (Å²) in [7, 11) is 1.70. The van der Waals surface area contributed by atoms with Crippen molar-refractivity contribution in [1.29, 1.82) is 0 Å². The fourth-order valence-corrected chi connectivity index (χ4v) is 1.70. The van der Waals surface area contributed by atoms with Gasteiger partial charge in [0.05, 0.1) is 6.33 Å². The summed E-state index contributed by atoms with van der Waals surface area (Å²) < 4.78 is 7.97. The van der Waals surface area contributed by atoms with Gasteiger partial charge in [-0.15, -0.1) is 0 Å². The molecule has 0 aliphatic heterocycles. The molecule has 0 amide bonds. The van der Waals surface area contributed by atoms with Gasteiger partial charge in [-0.1, -0.05) is 0 Å². The van der Waals surface area contributed by atoms with E-state index in [4.69, 9.17) is 4.74 Å². The van der Waals surface area contributed by atoms with E-state index in [9.17, 15) is 9.59 Å². The number of carbonyl (C=O) groups is 1. The number of hydrogen-bond acceptors (Lipinski definition) is 5. The number of fused-ring (bicyclic) bond motifs is 1. The van der Waals surface area contributed by atoms with E-state index in [1.54, 1.807) is 32.4 Å². The molecule has 0 unspecified atom stereocenters. The topological polar surface area (TPSA) is 79.0 Å². The predicted octanol–water partition coefficient (Wildman–Crippen LogP) is 0.472. The quantitative estimate of drug-likeness (QED) is 0.737. The van der Waals surface area contributed by atoms with E-state index >= 15 is 0 Å². The molecule has 102 valence electrons. The zero-order valence-corrected chi connectivity index (χ0v) is 11.4. The number of hydrogen-bond donors (Lipinski definition) is 0. The van der Waals surface area contributed by atoms with Crippen molar-refractivity contribution in [3.63, 3.8) is 0 Å². The normalized spacial score (nSPS) is 11.8. The van der Waals surface area contributed by atoms with E-state index in [0.29, 0.717) is 11.2 Å².